The lowest BCUT2D eigenvalue weighted by Gasteiger charge is -2.27. The van der Waals surface area contributed by atoms with Gasteiger partial charge >= 0.3 is 0 Å². The molecule has 1 aliphatic rings. The highest BCUT2D eigenvalue weighted by Gasteiger charge is 2.37. The maximum absolute atomic E-state index is 12.4. The highest BCUT2D eigenvalue weighted by Crippen LogP contribution is 2.34. The Morgan fingerprint density at radius 1 is 1.42 bits per heavy atom. The summed E-state index contributed by atoms with van der Waals surface area (Å²) in [5, 5.41) is 21.9. The zero-order valence-corrected chi connectivity index (χ0v) is 14.0. The molecule has 0 spiro atoms. The van der Waals surface area contributed by atoms with Crippen molar-refractivity contribution in [3.05, 3.63) is 34.7 Å². The van der Waals surface area contributed by atoms with E-state index in [1.165, 1.54) is 13.2 Å². The van der Waals surface area contributed by atoms with Crippen molar-refractivity contribution in [1.29, 1.82) is 0 Å². The average molecular weight is 365 g/mol. The minimum atomic E-state index is -1.71. The number of carbonyl (C=O) groups excluding carboxylic acids is 3. The van der Waals surface area contributed by atoms with E-state index in [1.54, 1.807) is 24.3 Å². The molecule has 9 heteroatoms. The van der Waals surface area contributed by atoms with Crippen molar-refractivity contribution in [2.75, 3.05) is 7.11 Å². The van der Waals surface area contributed by atoms with Gasteiger partial charge in [-0.1, -0.05) is 36.1 Å². The van der Waals surface area contributed by atoms with E-state index in [2.05, 4.69) is 0 Å². The van der Waals surface area contributed by atoms with Gasteiger partial charge in [0.15, 0.2) is 0 Å². The van der Waals surface area contributed by atoms with Gasteiger partial charge in [0.05, 0.1) is 24.0 Å². The van der Waals surface area contributed by atoms with Crippen LogP contribution in [0.1, 0.15) is 12.0 Å². The first kappa shape index (κ1) is 18.0. The Hall–Kier alpha value is -2.39. The lowest BCUT2D eigenvalue weighted by molar-refractivity contribution is -0.319. The molecule has 126 valence electrons. The van der Waals surface area contributed by atoms with Crippen LogP contribution in [0.2, 0.25) is 0 Å². The molecular formula is C15H11NO6S2-2. The summed E-state index contributed by atoms with van der Waals surface area (Å²) in [5.41, 5.74) is 0.653. The second kappa shape index (κ2) is 7.45. The fourth-order valence-electron chi connectivity index (χ4n) is 2.07. The van der Waals surface area contributed by atoms with Gasteiger partial charge in [-0.05, 0) is 23.8 Å². The third-order valence-corrected chi connectivity index (χ3v) is 4.49. The number of rotatable bonds is 6. The first-order valence-electron chi connectivity index (χ1n) is 6.65. The first-order chi connectivity index (χ1) is 11.3. The smallest absolute Gasteiger partial charge is 0.266 e. The minimum Gasteiger partial charge on any atom is -0.550 e. The van der Waals surface area contributed by atoms with Crippen LogP contribution in [0.25, 0.3) is 6.08 Å². The number of carbonyl (C=O) groups is 3. The summed E-state index contributed by atoms with van der Waals surface area (Å²) in [6.07, 6.45) is 0.619. The van der Waals surface area contributed by atoms with E-state index in [-0.39, 0.29) is 9.23 Å². The summed E-state index contributed by atoms with van der Waals surface area (Å²) in [4.78, 5) is 35.2. The Bertz CT molecular complexity index is 745. The van der Waals surface area contributed by atoms with Crippen molar-refractivity contribution >= 4 is 52.2 Å². The van der Waals surface area contributed by atoms with Crippen molar-refractivity contribution in [2.24, 2.45) is 0 Å². The zero-order valence-electron chi connectivity index (χ0n) is 12.4. The normalized spacial score (nSPS) is 17.2. The molecule has 0 radical (unpaired) electrons. The molecule has 1 atom stereocenters. The number of thioether (sulfide) groups is 1. The monoisotopic (exact) mass is 365 g/mol. The van der Waals surface area contributed by atoms with Crippen molar-refractivity contribution in [3.63, 3.8) is 0 Å². The van der Waals surface area contributed by atoms with Crippen LogP contribution < -0.4 is 14.9 Å². The average Bonchev–Trinajstić information content (AvgIpc) is 2.79. The number of methoxy groups -OCH3 is 1. The molecule has 0 aromatic heterocycles. The van der Waals surface area contributed by atoms with Crippen molar-refractivity contribution in [1.82, 2.24) is 4.90 Å². The summed E-state index contributed by atoms with van der Waals surface area (Å²) in [6, 6.07) is 5.16. The van der Waals surface area contributed by atoms with Crippen molar-refractivity contribution in [2.45, 2.75) is 12.5 Å². The van der Waals surface area contributed by atoms with Gasteiger partial charge in [0.1, 0.15) is 10.1 Å². The molecule has 24 heavy (non-hydrogen) atoms. The number of hydrogen-bond donors (Lipinski definition) is 0. The maximum Gasteiger partial charge on any atom is 0.266 e. The molecule has 0 unspecified atom stereocenters. The second-order valence-corrected chi connectivity index (χ2v) is 6.42. The van der Waals surface area contributed by atoms with Crippen LogP contribution in [0.3, 0.4) is 0 Å². The highest BCUT2D eigenvalue weighted by molar-refractivity contribution is 8.26. The van der Waals surface area contributed by atoms with Gasteiger partial charge in [-0.15, -0.1) is 0 Å². The van der Waals surface area contributed by atoms with Gasteiger partial charge in [0.25, 0.3) is 5.91 Å². The van der Waals surface area contributed by atoms with Gasteiger partial charge in [0.2, 0.25) is 0 Å². The molecule has 0 saturated carbocycles. The number of benzene rings is 1. The van der Waals surface area contributed by atoms with Gasteiger partial charge in [-0.2, -0.15) is 0 Å². The number of carboxylic acid groups (broad SMARTS) is 2. The largest absolute Gasteiger partial charge is 0.550 e. The molecule has 0 bridgehead atoms. The summed E-state index contributed by atoms with van der Waals surface area (Å²) in [7, 11) is 1.50. The number of thiocarbonyl (C=S) groups is 1. The molecule has 1 aliphatic heterocycles. The van der Waals surface area contributed by atoms with Crippen LogP contribution in [0, 0.1) is 0 Å². The summed E-state index contributed by atoms with van der Waals surface area (Å²) in [6.45, 7) is 0. The molecule has 1 heterocycles. The zero-order chi connectivity index (χ0) is 17.9. The van der Waals surface area contributed by atoms with E-state index in [9.17, 15) is 24.6 Å². The molecule has 0 aliphatic carbocycles. The first-order valence-corrected chi connectivity index (χ1v) is 7.87. The fraction of sp³-hybridized carbons (Fsp3) is 0.200. The number of hydrogen-bond acceptors (Lipinski definition) is 8. The molecule has 0 N–H and O–H groups in total. The van der Waals surface area contributed by atoms with E-state index >= 15 is 0 Å². The highest BCUT2D eigenvalue weighted by atomic mass is 32.2. The third-order valence-electron chi connectivity index (χ3n) is 3.16. The topological polar surface area (TPSA) is 110 Å². The van der Waals surface area contributed by atoms with E-state index in [1.807, 2.05) is 0 Å². The SMILES string of the molecule is COc1cccc(/C=C2\SC(=S)N([C@H](CC(=O)[O-])C(=O)[O-])C2=O)c1. The Morgan fingerprint density at radius 3 is 2.71 bits per heavy atom. The van der Waals surface area contributed by atoms with E-state index < -0.39 is 30.3 Å². The van der Waals surface area contributed by atoms with Gasteiger partial charge < -0.3 is 24.5 Å². The number of ether oxygens (including phenoxy) is 1. The lowest BCUT2D eigenvalue weighted by Crippen LogP contribution is -2.52. The third kappa shape index (κ3) is 3.92. The molecular weight excluding hydrogens is 354 g/mol. The Kier molecular flexibility index (Phi) is 5.58. The van der Waals surface area contributed by atoms with Crippen LogP contribution in [0.15, 0.2) is 29.2 Å². The van der Waals surface area contributed by atoms with E-state index in [0.29, 0.717) is 11.3 Å². The predicted molar refractivity (Wildman–Crippen MR) is 86.4 cm³/mol. The number of carboxylic acids is 2. The number of aliphatic carboxylic acids is 2. The van der Waals surface area contributed by atoms with Crippen LogP contribution >= 0.6 is 24.0 Å². The Balaban J connectivity index is 2.31. The molecule has 1 fully saturated rings. The van der Waals surface area contributed by atoms with Crippen molar-refractivity contribution in [3.8, 4) is 5.75 Å². The molecule has 2 rings (SSSR count). The van der Waals surface area contributed by atoms with Crippen LogP contribution in [-0.2, 0) is 14.4 Å². The molecule has 1 aromatic carbocycles. The second-order valence-electron chi connectivity index (χ2n) is 4.74. The molecule has 1 aromatic rings. The summed E-state index contributed by atoms with van der Waals surface area (Å²) < 4.78 is 5.04. The van der Waals surface area contributed by atoms with Crippen LogP contribution in [-0.4, -0.2) is 40.2 Å². The summed E-state index contributed by atoms with van der Waals surface area (Å²) >= 11 is 5.89. The quantitative estimate of drug-likeness (QED) is 0.474. The van der Waals surface area contributed by atoms with Gasteiger partial charge in [-0.3, -0.25) is 9.69 Å². The molecule has 7 nitrogen and oxygen atoms in total. The molecule has 1 saturated heterocycles. The molecule has 1 amide bonds. The van der Waals surface area contributed by atoms with Crippen molar-refractivity contribution < 1.29 is 29.3 Å². The van der Waals surface area contributed by atoms with Gasteiger partial charge in [-0.25, -0.2) is 0 Å². The Labute approximate surface area is 146 Å². The van der Waals surface area contributed by atoms with E-state index in [0.717, 1.165) is 16.7 Å². The van der Waals surface area contributed by atoms with Gasteiger partial charge in [0, 0.05) is 12.4 Å². The van der Waals surface area contributed by atoms with E-state index in [4.69, 9.17) is 17.0 Å². The Morgan fingerprint density at radius 2 is 2.12 bits per heavy atom. The number of nitrogens with zero attached hydrogens (tertiary/aromatic N) is 1. The standard InChI is InChI=1S/C15H13NO6S2/c1-22-9-4-2-3-8(5-9)6-11-13(19)16(15(23)24-11)10(14(20)21)7-12(17)18/h2-6,10H,7H2,1H3,(H,17,18)(H,20,21)/p-2/b11-6-/t10-/m1/s1. The fourth-order valence-corrected chi connectivity index (χ4v) is 3.43. The maximum atomic E-state index is 12.4. The van der Waals surface area contributed by atoms with Crippen LogP contribution in [0.4, 0.5) is 0 Å². The number of amides is 1. The predicted octanol–water partition coefficient (Wildman–Crippen LogP) is -0.845. The minimum absolute atomic E-state index is 0.0513. The van der Waals surface area contributed by atoms with Crippen LogP contribution in [0.5, 0.6) is 5.75 Å². The summed E-state index contributed by atoms with van der Waals surface area (Å²) in [5.74, 6) is -3.43. The lowest BCUT2D eigenvalue weighted by atomic mass is 10.1.